The molecule has 1 fully saturated rings. The van der Waals surface area contributed by atoms with Crippen molar-refractivity contribution in [2.45, 2.75) is 19.4 Å². The van der Waals surface area contributed by atoms with Crippen LogP contribution >= 0.6 is 11.6 Å². The maximum Gasteiger partial charge on any atom is 0.295 e. The van der Waals surface area contributed by atoms with E-state index in [2.05, 4.69) is 0 Å². The van der Waals surface area contributed by atoms with Gasteiger partial charge in [0.2, 0.25) is 0 Å². The lowest BCUT2D eigenvalue weighted by molar-refractivity contribution is -0.139. The number of hydrogen-bond acceptors (Lipinski definition) is 5. The summed E-state index contributed by atoms with van der Waals surface area (Å²) >= 11 is 6.11. The number of nitrogens with zero attached hydrogens (tertiary/aromatic N) is 2. The highest BCUT2D eigenvalue weighted by atomic mass is 35.5. The number of aliphatic hydroxyl groups is 1. The lowest BCUT2D eigenvalue weighted by atomic mass is 9.94. The van der Waals surface area contributed by atoms with Crippen LogP contribution in [0.15, 0.2) is 48.0 Å². The topological polar surface area (TPSA) is 70.1 Å². The Morgan fingerprint density at radius 1 is 1.17 bits per heavy atom. The van der Waals surface area contributed by atoms with Crippen molar-refractivity contribution in [2.75, 3.05) is 32.6 Å². The van der Waals surface area contributed by atoms with Crippen LogP contribution in [-0.4, -0.2) is 49.4 Å². The first-order valence-corrected chi connectivity index (χ1v) is 10.1. The average molecular weight is 429 g/mol. The van der Waals surface area contributed by atoms with Crippen molar-refractivity contribution in [2.24, 2.45) is 0 Å². The lowest BCUT2D eigenvalue weighted by Crippen LogP contribution is -2.30. The number of amides is 1. The minimum absolute atomic E-state index is 0.0339. The van der Waals surface area contributed by atoms with Crippen molar-refractivity contribution >= 4 is 34.7 Å². The van der Waals surface area contributed by atoms with Crippen molar-refractivity contribution in [3.8, 4) is 5.75 Å². The second kappa shape index (κ2) is 8.79. The van der Waals surface area contributed by atoms with E-state index in [0.717, 1.165) is 11.3 Å². The number of rotatable bonds is 6. The van der Waals surface area contributed by atoms with Crippen molar-refractivity contribution in [3.63, 3.8) is 0 Å². The number of Topliss-reactive ketones (excluding diaryl/α,β-unsaturated/α-hetero) is 1. The molecule has 1 N–H and O–H groups in total. The standard InChI is InChI=1S/C23H25ClN2O4/c1-5-12-26-20(14-6-9-16(10-7-14)25(2)3)19(22(28)23(26)29)21(27)17-13-15(24)8-11-18(17)30-4/h6-11,13,20,27H,5,12H2,1-4H3/b21-19+. The number of ketones is 1. The number of methoxy groups -OCH3 is 1. The Morgan fingerprint density at radius 3 is 2.40 bits per heavy atom. The fourth-order valence-electron chi connectivity index (χ4n) is 3.66. The molecule has 1 amide bonds. The van der Waals surface area contributed by atoms with E-state index >= 15 is 0 Å². The molecule has 0 radical (unpaired) electrons. The average Bonchev–Trinajstić information content (AvgIpc) is 2.98. The number of ether oxygens (including phenoxy) is 1. The summed E-state index contributed by atoms with van der Waals surface area (Å²) in [6.07, 6.45) is 0.680. The Kier molecular flexibility index (Phi) is 6.37. The highest BCUT2D eigenvalue weighted by molar-refractivity contribution is 6.46. The Bertz CT molecular complexity index is 999. The summed E-state index contributed by atoms with van der Waals surface area (Å²) in [7, 11) is 5.33. The molecule has 158 valence electrons. The third kappa shape index (κ3) is 3.87. The smallest absolute Gasteiger partial charge is 0.295 e. The minimum atomic E-state index is -0.718. The summed E-state index contributed by atoms with van der Waals surface area (Å²) in [6, 6.07) is 11.7. The molecule has 30 heavy (non-hydrogen) atoms. The van der Waals surface area contributed by atoms with E-state index in [9.17, 15) is 14.7 Å². The molecule has 6 nitrogen and oxygen atoms in total. The van der Waals surface area contributed by atoms with Gasteiger partial charge in [0.15, 0.2) is 0 Å². The van der Waals surface area contributed by atoms with E-state index in [1.807, 2.05) is 50.2 Å². The van der Waals surface area contributed by atoms with Crippen LogP contribution in [0.1, 0.15) is 30.5 Å². The van der Waals surface area contributed by atoms with Crippen LogP contribution in [0.3, 0.4) is 0 Å². The van der Waals surface area contributed by atoms with Gasteiger partial charge in [0.1, 0.15) is 11.5 Å². The monoisotopic (exact) mass is 428 g/mol. The highest BCUT2D eigenvalue weighted by Crippen LogP contribution is 2.41. The second-order valence-electron chi connectivity index (χ2n) is 7.32. The van der Waals surface area contributed by atoms with Crippen molar-refractivity contribution in [3.05, 3.63) is 64.2 Å². The van der Waals surface area contributed by atoms with Gasteiger partial charge in [-0.3, -0.25) is 9.59 Å². The Labute approximate surface area is 181 Å². The quantitative estimate of drug-likeness (QED) is 0.423. The van der Waals surface area contributed by atoms with Gasteiger partial charge in [-0.2, -0.15) is 0 Å². The predicted octanol–water partition coefficient (Wildman–Crippen LogP) is 4.25. The molecular weight excluding hydrogens is 404 g/mol. The van der Waals surface area contributed by atoms with E-state index in [1.165, 1.54) is 18.1 Å². The first kappa shape index (κ1) is 21.7. The molecule has 0 spiro atoms. The molecule has 3 rings (SSSR count). The first-order chi connectivity index (χ1) is 14.3. The molecule has 0 saturated carbocycles. The molecule has 0 aliphatic carbocycles. The fourth-order valence-corrected chi connectivity index (χ4v) is 3.84. The van der Waals surface area contributed by atoms with E-state index in [4.69, 9.17) is 16.3 Å². The fraction of sp³-hybridized carbons (Fsp3) is 0.304. The van der Waals surface area contributed by atoms with Crippen molar-refractivity contribution in [1.29, 1.82) is 0 Å². The molecule has 0 bridgehead atoms. The zero-order valence-corrected chi connectivity index (χ0v) is 18.2. The maximum absolute atomic E-state index is 13.0. The van der Waals surface area contributed by atoms with Gasteiger partial charge in [0, 0.05) is 31.4 Å². The second-order valence-corrected chi connectivity index (χ2v) is 7.76. The van der Waals surface area contributed by atoms with Gasteiger partial charge in [0.25, 0.3) is 11.7 Å². The SMILES string of the molecule is CCCN1C(=O)C(=O)/C(=C(/O)c2cc(Cl)ccc2OC)C1c1ccc(N(C)C)cc1. The van der Waals surface area contributed by atoms with E-state index in [1.54, 1.807) is 12.1 Å². The molecule has 1 saturated heterocycles. The molecule has 1 unspecified atom stereocenters. The van der Waals surface area contributed by atoms with Crippen LogP contribution in [0.5, 0.6) is 5.75 Å². The number of halogens is 1. The van der Waals surface area contributed by atoms with E-state index in [-0.39, 0.29) is 16.9 Å². The Balaban J connectivity index is 2.21. The summed E-state index contributed by atoms with van der Waals surface area (Å²) in [5.41, 5.74) is 2.04. The molecular formula is C23H25ClN2O4. The number of carbonyl (C=O) groups excluding carboxylic acids is 2. The largest absolute Gasteiger partial charge is 0.507 e. The normalized spacial score (nSPS) is 18.0. The molecule has 2 aromatic carbocycles. The lowest BCUT2D eigenvalue weighted by Gasteiger charge is -2.25. The molecule has 1 atom stereocenters. The van der Waals surface area contributed by atoms with Crippen LogP contribution in [0.2, 0.25) is 5.02 Å². The van der Waals surface area contributed by atoms with Gasteiger partial charge in [-0.15, -0.1) is 0 Å². The van der Waals surface area contributed by atoms with Crippen LogP contribution in [0, 0.1) is 0 Å². The summed E-state index contributed by atoms with van der Waals surface area (Å²) in [5.74, 6) is -1.28. The number of aliphatic hydroxyl groups excluding tert-OH is 1. The molecule has 1 aliphatic heterocycles. The van der Waals surface area contributed by atoms with Crippen LogP contribution < -0.4 is 9.64 Å². The number of benzene rings is 2. The summed E-state index contributed by atoms with van der Waals surface area (Å²) in [5, 5.41) is 11.5. The zero-order valence-electron chi connectivity index (χ0n) is 17.5. The third-order valence-corrected chi connectivity index (χ3v) is 5.38. The molecule has 7 heteroatoms. The number of hydrogen-bond donors (Lipinski definition) is 1. The van der Waals surface area contributed by atoms with Gasteiger partial charge in [-0.1, -0.05) is 30.7 Å². The summed E-state index contributed by atoms with van der Waals surface area (Å²) in [4.78, 5) is 29.2. The molecule has 2 aromatic rings. The maximum atomic E-state index is 13.0. The highest BCUT2D eigenvalue weighted by Gasteiger charge is 2.45. The van der Waals surface area contributed by atoms with Crippen LogP contribution in [0.4, 0.5) is 5.69 Å². The van der Waals surface area contributed by atoms with Gasteiger partial charge in [-0.05, 0) is 42.3 Å². The van der Waals surface area contributed by atoms with Crippen molar-refractivity contribution < 1.29 is 19.4 Å². The van der Waals surface area contributed by atoms with Crippen LogP contribution in [0.25, 0.3) is 5.76 Å². The minimum Gasteiger partial charge on any atom is -0.507 e. The van der Waals surface area contributed by atoms with Gasteiger partial charge < -0.3 is 19.6 Å². The van der Waals surface area contributed by atoms with Gasteiger partial charge in [0.05, 0.1) is 24.3 Å². The molecule has 1 heterocycles. The van der Waals surface area contributed by atoms with E-state index in [0.29, 0.717) is 23.7 Å². The predicted molar refractivity (Wildman–Crippen MR) is 118 cm³/mol. The third-order valence-electron chi connectivity index (χ3n) is 5.15. The number of anilines is 1. The van der Waals surface area contributed by atoms with E-state index < -0.39 is 17.7 Å². The first-order valence-electron chi connectivity index (χ1n) is 9.69. The molecule has 1 aliphatic rings. The van der Waals surface area contributed by atoms with Gasteiger partial charge >= 0.3 is 0 Å². The number of carbonyl (C=O) groups is 2. The summed E-state index contributed by atoms with van der Waals surface area (Å²) in [6.45, 7) is 2.33. The number of likely N-dealkylation sites (tertiary alicyclic amines) is 1. The van der Waals surface area contributed by atoms with Crippen molar-refractivity contribution in [1.82, 2.24) is 4.90 Å². The Hall–Kier alpha value is -2.99. The molecule has 0 aromatic heterocycles. The Morgan fingerprint density at radius 2 is 1.83 bits per heavy atom. The zero-order chi connectivity index (χ0) is 22.0. The van der Waals surface area contributed by atoms with Gasteiger partial charge in [-0.25, -0.2) is 0 Å². The summed E-state index contributed by atoms with van der Waals surface area (Å²) < 4.78 is 5.33. The van der Waals surface area contributed by atoms with Crippen LogP contribution in [-0.2, 0) is 9.59 Å².